The van der Waals surface area contributed by atoms with Crippen molar-refractivity contribution in [3.8, 4) is 11.4 Å². The fourth-order valence-electron chi connectivity index (χ4n) is 3.09. The molecule has 0 unspecified atom stereocenters. The Morgan fingerprint density at radius 1 is 1.03 bits per heavy atom. The van der Waals surface area contributed by atoms with Gasteiger partial charge in [0, 0.05) is 12.0 Å². The molecule has 154 valence electrons. The van der Waals surface area contributed by atoms with E-state index in [4.69, 9.17) is 4.74 Å². The number of methoxy groups -OCH3 is 1. The Morgan fingerprint density at radius 2 is 1.69 bits per heavy atom. The first-order valence-electron chi connectivity index (χ1n) is 9.49. The van der Waals surface area contributed by atoms with Gasteiger partial charge < -0.3 is 4.74 Å². The smallest absolute Gasteiger partial charge is 0.244 e. The van der Waals surface area contributed by atoms with Crippen LogP contribution in [0.5, 0.6) is 5.75 Å². The maximum atomic E-state index is 13.1. The van der Waals surface area contributed by atoms with Crippen LogP contribution in [0.3, 0.4) is 0 Å². The summed E-state index contributed by atoms with van der Waals surface area (Å²) in [6.07, 6.45) is 2.11. The molecule has 0 atom stereocenters. The van der Waals surface area contributed by atoms with Gasteiger partial charge in [-0.15, -0.1) is 0 Å². The van der Waals surface area contributed by atoms with Crippen LogP contribution in [0.1, 0.15) is 32.0 Å². The van der Waals surface area contributed by atoms with Crippen molar-refractivity contribution in [3.05, 3.63) is 72.1 Å². The zero-order chi connectivity index (χ0) is 21.1. The average Bonchev–Trinajstić information content (AvgIpc) is 3.16. The first kappa shape index (κ1) is 21.1. The molecule has 0 saturated carbocycles. The lowest BCUT2D eigenvalue weighted by Crippen LogP contribution is -2.28. The summed E-state index contributed by atoms with van der Waals surface area (Å²) >= 11 is 0. The molecule has 0 aliphatic carbocycles. The second kappa shape index (κ2) is 8.39. The fraction of sp³-hybridized carbons (Fsp3) is 0.318. The van der Waals surface area contributed by atoms with Crippen LogP contribution >= 0.6 is 0 Å². The summed E-state index contributed by atoms with van der Waals surface area (Å²) in [4.78, 5) is 0.203. The summed E-state index contributed by atoms with van der Waals surface area (Å²) in [5, 5.41) is 4.59. The predicted molar refractivity (Wildman–Crippen MR) is 114 cm³/mol. The third kappa shape index (κ3) is 4.86. The number of nitrogens with zero attached hydrogens (tertiary/aromatic N) is 2. The topological polar surface area (TPSA) is 73.2 Å². The van der Waals surface area contributed by atoms with Gasteiger partial charge in [0.25, 0.3) is 0 Å². The van der Waals surface area contributed by atoms with Crippen LogP contribution in [0.2, 0.25) is 0 Å². The Bertz CT molecular complexity index is 1070. The Hall–Kier alpha value is -2.64. The van der Waals surface area contributed by atoms with E-state index in [-0.39, 0.29) is 11.4 Å². The number of rotatable bonds is 7. The maximum Gasteiger partial charge on any atom is 0.244 e. The van der Waals surface area contributed by atoms with Crippen molar-refractivity contribution in [1.82, 2.24) is 14.5 Å². The van der Waals surface area contributed by atoms with Crippen LogP contribution in [0, 0.1) is 0 Å². The van der Waals surface area contributed by atoms with Crippen molar-refractivity contribution in [1.29, 1.82) is 0 Å². The van der Waals surface area contributed by atoms with Gasteiger partial charge in [0.1, 0.15) is 10.6 Å². The molecular formula is C22H27N3O3S. The van der Waals surface area contributed by atoms with Gasteiger partial charge in [-0.1, -0.05) is 57.2 Å². The summed E-state index contributed by atoms with van der Waals surface area (Å²) in [5.41, 5.74) is 1.88. The van der Waals surface area contributed by atoms with E-state index in [1.54, 1.807) is 18.0 Å². The Morgan fingerprint density at radius 3 is 2.34 bits per heavy atom. The highest BCUT2D eigenvalue weighted by molar-refractivity contribution is 7.89. The first-order valence-corrected chi connectivity index (χ1v) is 11.0. The lowest BCUT2D eigenvalue weighted by atomic mass is 9.92. The molecule has 6 nitrogen and oxygen atoms in total. The molecular weight excluding hydrogens is 386 g/mol. The molecule has 3 aromatic rings. The average molecular weight is 414 g/mol. The molecule has 1 aromatic heterocycles. The highest BCUT2D eigenvalue weighted by Gasteiger charge is 2.30. The van der Waals surface area contributed by atoms with E-state index in [1.807, 2.05) is 75.4 Å². The van der Waals surface area contributed by atoms with Gasteiger partial charge in [-0.25, -0.2) is 17.8 Å². The van der Waals surface area contributed by atoms with E-state index < -0.39 is 15.4 Å². The monoisotopic (exact) mass is 413 g/mol. The summed E-state index contributed by atoms with van der Waals surface area (Å²) in [6, 6.07) is 17.1. The van der Waals surface area contributed by atoms with Crippen molar-refractivity contribution in [2.24, 2.45) is 0 Å². The number of benzene rings is 2. The van der Waals surface area contributed by atoms with Crippen LogP contribution in [0.25, 0.3) is 5.69 Å². The zero-order valence-electron chi connectivity index (χ0n) is 17.2. The van der Waals surface area contributed by atoms with Gasteiger partial charge in [-0.3, -0.25) is 0 Å². The number of aromatic nitrogens is 2. The van der Waals surface area contributed by atoms with Crippen molar-refractivity contribution >= 4 is 10.0 Å². The molecule has 0 bridgehead atoms. The molecule has 0 radical (unpaired) electrons. The molecule has 0 spiro atoms. The van der Waals surface area contributed by atoms with Gasteiger partial charge in [0.2, 0.25) is 10.0 Å². The Balaban J connectivity index is 1.86. The number of para-hydroxylation sites is 2. The van der Waals surface area contributed by atoms with E-state index in [1.165, 1.54) is 0 Å². The van der Waals surface area contributed by atoms with Crippen LogP contribution in [-0.4, -0.2) is 31.9 Å². The quantitative estimate of drug-likeness (QED) is 0.641. The lowest BCUT2D eigenvalue weighted by Gasteiger charge is -2.17. The molecule has 3 rings (SSSR count). The first-order chi connectivity index (χ1) is 13.7. The number of hydrogen-bond donors (Lipinski definition) is 1. The maximum absolute atomic E-state index is 13.1. The molecule has 0 amide bonds. The molecule has 1 N–H and O–H groups in total. The van der Waals surface area contributed by atoms with Gasteiger partial charge in [-0.05, 0) is 30.2 Å². The molecule has 29 heavy (non-hydrogen) atoms. The van der Waals surface area contributed by atoms with Gasteiger partial charge >= 0.3 is 0 Å². The lowest BCUT2D eigenvalue weighted by molar-refractivity contribution is 0.409. The van der Waals surface area contributed by atoms with Crippen LogP contribution in [0.4, 0.5) is 0 Å². The highest BCUT2D eigenvalue weighted by atomic mass is 32.2. The van der Waals surface area contributed by atoms with Crippen LogP contribution < -0.4 is 9.46 Å². The summed E-state index contributed by atoms with van der Waals surface area (Å²) in [7, 11) is -2.12. The molecule has 0 saturated heterocycles. The Labute approximate surface area is 172 Å². The van der Waals surface area contributed by atoms with Crippen molar-refractivity contribution < 1.29 is 13.2 Å². The molecule has 0 fully saturated rings. The fourth-order valence-corrected chi connectivity index (χ4v) is 4.46. The number of nitrogens with one attached hydrogen (secondary N) is 1. The van der Waals surface area contributed by atoms with Crippen LogP contribution in [-0.2, 0) is 21.9 Å². The second-order valence-electron chi connectivity index (χ2n) is 7.83. The second-order valence-corrected chi connectivity index (χ2v) is 9.57. The molecule has 7 heteroatoms. The third-order valence-electron chi connectivity index (χ3n) is 4.58. The van der Waals surface area contributed by atoms with E-state index in [0.717, 1.165) is 17.0 Å². The minimum absolute atomic E-state index is 0.203. The summed E-state index contributed by atoms with van der Waals surface area (Å²) < 4.78 is 35.9. The van der Waals surface area contributed by atoms with Crippen molar-refractivity contribution in [3.63, 3.8) is 0 Å². The molecule has 0 aliphatic heterocycles. The normalized spacial score (nSPS) is 12.1. The van der Waals surface area contributed by atoms with E-state index in [0.29, 0.717) is 12.1 Å². The van der Waals surface area contributed by atoms with E-state index in [2.05, 4.69) is 9.82 Å². The molecule has 0 aliphatic rings. The summed E-state index contributed by atoms with van der Waals surface area (Å²) in [6.45, 7) is 6.14. The minimum atomic E-state index is -3.73. The number of hydrogen-bond acceptors (Lipinski definition) is 4. The minimum Gasteiger partial charge on any atom is -0.496 e. The van der Waals surface area contributed by atoms with Gasteiger partial charge in [0.05, 0.1) is 24.7 Å². The number of ether oxygens (including phenoxy) is 1. The predicted octanol–water partition coefficient (Wildman–Crippen LogP) is 3.70. The highest BCUT2D eigenvalue weighted by Crippen LogP contribution is 2.28. The number of sulfonamides is 1. The van der Waals surface area contributed by atoms with Gasteiger partial charge in [0.15, 0.2) is 0 Å². The third-order valence-corrected chi connectivity index (χ3v) is 6.04. The molecule has 2 aromatic carbocycles. The van der Waals surface area contributed by atoms with E-state index in [9.17, 15) is 8.42 Å². The largest absolute Gasteiger partial charge is 0.496 e. The van der Waals surface area contributed by atoms with Crippen LogP contribution in [0.15, 0.2) is 65.7 Å². The molecule has 1 heterocycles. The van der Waals surface area contributed by atoms with Crippen molar-refractivity contribution in [2.75, 3.05) is 13.7 Å². The standard InChI is InChI=1S/C22H27N3O3S/c1-22(2,3)21-20(16-25(24-21)18-11-6-5-7-12-18)29(26,27)23-15-14-17-10-8-9-13-19(17)28-4/h5-13,16,23H,14-15H2,1-4H3. The summed E-state index contributed by atoms with van der Waals surface area (Å²) in [5.74, 6) is 0.749. The van der Waals surface area contributed by atoms with E-state index >= 15 is 0 Å². The SMILES string of the molecule is COc1ccccc1CCNS(=O)(=O)c1cn(-c2ccccc2)nc1C(C)(C)C. The zero-order valence-corrected chi connectivity index (χ0v) is 18.0. The van der Waals surface area contributed by atoms with Gasteiger partial charge in [-0.2, -0.15) is 5.10 Å². The Kier molecular flexibility index (Phi) is 6.10. The van der Waals surface area contributed by atoms with Crippen molar-refractivity contribution in [2.45, 2.75) is 37.5 Å².